The van der Waals surface area contributed by atoms with Crippen LogP contribution >= 0.6 is 12.2 Å². The summed E-state index contributed by atoms with van der Waals surface area (Å²) in [6.45, 7) is 0. The normalized spacial score (nSPS) is 9.85. The third-order valence-electron chi connectivity index (χ3n) is 1.52. The van der Waals surface area contributed by atoms with Crippen LogP contribution in [0, 0.1) is 4.77 Å². The molecule has 0 unspecified atom stereocenters. The van der Waals surface area contributed by atoms with E-state index in [1.807, 2.05) is 12.1 Å². The van der Waals surface area contributed by atoms with Crippen LogP contribution in [-0.2, 0) is 0 Å². The Kier molecular flexibility index (Phi) is 2.09. The van der Waals surface area contributed by atoms with Gasteiger partial charge in [0.25, 0.3) is 0 Å². The predicted molar refractivity (Wildman–Crippen MR) is 50.4 cm³/mol. The van der Waals surface area contributed by atoms with Gasteiger partial charge in [-0.2, -0.15) is 0 Å². The summed E-state index contributed by atoms with van der Waals surface area (Å²) in [5.74, 6) is 0.688. The molecule has 0 saturated carbocycles. The molecule has 0 atom stereocenters. The molecule has 0 aliphatic carbocycles. The number of aromatic nitrogens is 4. The molecule has 13 heavy (non-hydrogen) atoms. The van der Waals surface area contributed by atoms with Gasteiger partial charge in [-0.15, -0.1) is 0 Å². The average molecular weight is 190 g/mol. The van der Waals surface area contributed by atoms with E-state index in [0.29, 0.717) is 10.6 Å². The number of H-pyrrole nitrogens is 1. The topological polar surface area (TPSA) is 54.5 Å². The van der Waals surface area contributed by atoms with E-state index in [4.69, 9.17) is 12.2 Å². The van der Waals surface area contributed by atoms with Crippen LogP contribution in [0.15, 0.2) is 30.9 Å². The minimum Gasteiger partial charge on any atom is -0.315 e. The van der Waals surface area contributed by atoms with Crippen LogP contribution < -0.4 is 0 Å². The van der Waals surface area contributed by atoms with Crippen molar-refractivity contribution < 1.29 is 0 Å². The highest BCUT2D eigenvalue weighted by Crippen LogP contribution is 2.09. The van der Waals surface area contributed by atoms with Crippen molar-refractivity contribution in [2.75, 3.05) is 0 Å². The molecule has 64 valence electrons. The maximum absolute atomic E-state index is 4.87. The van der Waals surface area contributed by atoms with Gasteiger partial charge in [-0.3, -0.25) is 4.98 Å². The van der Waals surface area contributed by atoms with Crippen molar-refractivity contribution in [3.8, 4) is 11.4 Å². The van der Waals surface area contributed by atoms with E-state index >= 15 is 0 Å². The predicted octanol–water partition coefficient (Wildman–Crippen LogP) is 1.60. The first-order chi connectivity index (χ1) is 6.36. The smallest absolute Gasteiger partial charge is 0.199 e. The maximum Gasteiger partial charge on any atom is 0.199 e. The SMILES string of the molecule is S=c1ncnc(-c2cccnc2)[nH]1. The molecular weight excluding hydrogens is 184 g/mol. The highest BCUT2D eigenvalue weighted by atomic mass is 32.1. The Morgan fingerprint density at radius 1 is 1.31 bits per heavy atom. The van der Waals surface area contributed by atoms with E-state index in [-0.39, 0.29) is 0 Å². The summed E-state index contributed by atoms with van der Waals surface area (Å²) in [4.78, 5) is 14.7. The van der Waals surface area contributed by atoms with Gasteiger partial charge in [0.2, 0.25) is 0 Å². The van der Waals surface area contributed by atoms with Gasteiger partial charge in [-0.25, -0.2) is 9.97 Å². The molecular formula is C8H6N4S. The molecule has 0 aliphatic heterocycles. The third kappa shape index (κ3) is 1.75. The summed E-state index contributed by atoms with van der Waals surface area (Å²) < 4.78 is 0.425. The molecule has 4 nitrogen and oxygen atoms in total. The minimum atomic E-state index is 0.425. The fraction of sp³-hybridized carbons (Fsp3) is 0. The van der Waals surface area contributed by atoms with E-state index < -0.39 is 0 Å². The van der Waals surface area contributed by atoms with E-state index in [2.05, 4.69) is 19.9 Å². The first-order valence-corrected chi connectivity index (χ1v) is 4.09. The largest absolute Gasteiger partial charge is 0.315 e. The quantitative estimate of drug-likeness (QED) is 0.694. The number of nitrogens with one attached hydrogen (secondary N) is 1. The third-order valence-corrected chi connectivity index (χ3v) is 1.73. The molecule has 0 spiro atoms. The molecule has 2 rings (SSSR count). The van der Waals surface area contributed by atoms with Gasteiger partial charge in [0.1, 0.15) is 12.2 Å². The minimum absolute atomic E-state index is 0.425. The molecule has 0 saturated heterocycles. The van der Waals surface area contributed by atoms with Crippen molar-refractivity contribution in [3.05, 3.63) is 35.6 Å². The average Bonchev–Trinajstić information content (AvgIpc) is 2.19. The zero-order valence-corrected chi connectivity index (χ0v) is 7.45. The Hall–Kier alpha value is -1.62. The molecule has 1 N–H and O–H groups in total. The first kappa shape index (κ1) is 8.00. The summed E-state index contributed by atoms with van der Waals surface area (Å²) in [5, 5.41) is 0. The van der Waals surface area contributed by atoms with E-state index in [0.717, 1.165) is 5.56 Å². The number of hydrogen-bond donors (Lipinski definition) is 1. The Labute approximate surface area is 79.7 Å². The first-order valence-electron chi connectivity index (χ1n) is 3.68. The lowest BCUT2D eigenvalue weighted by atomic mass is 10.3. The van der Waals surface area contributed by atoms with Crippen LogP contribution in [0.3, 0.4) is 0 Å². The van der Waals surface area contributed by atoms with Crippen LogP contribution in [0.5, 0.6) is 0 Å². The maximum atomic E-state index is 4.87. The zero-order valence-electron chi connectivity index (χ0n) is 6.64. The fourth-order valence-electron chi connectivity index (χ4n) is 0.954. The molecule has 0 bridgehead atoms. The number of hydrogen-bond acceptors (Lipinski definition) is 4. The van der Waals surface area contributed by atoms with Crippen LogP contribution in [0.4, 0.5) is 0 Å². The molecule has 0 amide bonds. The molecule has 2 heterocycles. The summed E-state index contributed by atoms with van der Waals surface area (Å²) >= 11 is 4.87. The van der Waals surface area contributed by atoms with Crippen LogP contribution in [-0.4, -0.2) is 19.9 Å². The Morgan fingerprint density at radius 3 is 2.92 bits per heavy atom. The molecule has 2 aromatic rings. The van der Waals surface area contributed by atoms with Gasteiger partial charge in [0.15, 0.2) is 4.77 Å². The molecule has 0 radical (unpaired) electrons. The zero-order chi connectivity index (χ0) is 9.10. The van der Waals surface area contributed by atoms with Crippen molar-refractivity contribution in [3.63, 3.8) is 0 Å². The monoisotopic (exact) mass is 190 g/mol. The summed E-state index contributed by atoms with van der Waals surface area (Å²) in [7, 11) is 0. The fourth-order valence-corrected chi connectivity index (χ4v) is 1.10. The van der Waals surface area contributed by atoms with E-state index in [1.54, 1.807) is 12.4 Å². The molecule has 0 aromatic carbocycles. The number of aromatic amines is 1. The molecule has 0 fully saturated rings. The second kappa shape index (κ2) is 3.40. The van der Waals surface area contributed by atoms with Crippen LogP contribution in [0.2, 0.25) is 0 Å². The lowest BCUT2D eigenvalue weighted by molar-refractivity contribution is 1.03. The number of pyridine rings is 1. The van der Waals surface area contributed by atoms with Crippen LogP contribution in [0.25, 0.3) is 11.4 Å². The van der Waals surface area contributed by atoms with Gasteiger partial charge in [-0.1, -0.05) is 0 Å². The van der Waals surface area contributed by atoms with Gasteiger partial charge in [0, 0.05) is 18.0 Å². The second-order valence-corrected chi connectivity index (χ2v) is 2.78. The van der Waals surface area contributed by atoms with E-state index in [9.17, 15) is 0 Å². The second-order valence-electron chi connectivity index (χ2n) is 2.39. The molecule has 2 aromatic heterocycles. The lowest BCUT2D eigenvalue weighted by Gasteiger charge is -1.97. The lowest BCUT2D eigenvalue weighted by Crippen LogP contribution is -1.90. The summed E-state index contributed by atoms with van der Waals surface area (Å²) in [6.07, 6.45) is 4.86. The Bertz CT molecular complexity index is 451. The van der Waals surface area contributed by atoms with Crippen molar-refractivity contribution >= 4 is 12.2 Å². The standard InChI is InChI=1S/C8H6N4S/c13-8-11-5-10-7(12-8)6-2-1-3-9-4-6/h1-5H,(H,10,11,12,13). The summed E-state index contributed by atoms with van der Waals surface area (Å²) in [5.41, 5.74) is 0.899. The van der Waals surface area contributed by atoms with Crippen molar-refractivity contribution in [2.45, 2.75) is 0 Å². The highest BCUT2D eigenvalue weighted by Gasteiger charge is 1.96. The van der Waals surface area contributed by atoms with Crippen molar-refractivity contribution in [1.82, 2.24) is 19.9 Å². The molecule has 5 heteroatoms. The molecule has 0 aliphatic rings. The summed E-state index contributed by atoms with van der Waals surface area (Å²) in [6, 6.07) is 3.74. The van der Waals surface area contributed by atoms with Gasteiger partial charge >= 0.3 is 0 Å². The number of rotatable bonds is 1. The van der Waals surface area contributed by atoms with Gasteiger partial charge in [0.05, 0.1) is 0 Å². The van der Waals surface area contributed by atoms with Gasteiger partial charge < -0.3 is 4.98 Å². The highest BCUT2D eigenvalue weighted by molar-refractivity contribution is 7.71. The Balaban J connectivity index is 2.54. The number of nitrogens with zero attached hydrogens (tertiary/aromatic N) is 3. The van der Waals surface area contributed by atoms with Crippen molar-refractivity contribution in [2.24, 2.45) is 0 Å². The van der Waals surface area contributed by atoms with Gasteiger partial charge in [-0.05, 0) is 24.4 Å². The Morgan fingerprint density at radius 2 is 2.23 bits per heavy atom. The van der Waals surface area contributed by atoms with Crippen molar-refractivity contribution in [1.29, 1.82) is 0 Å². The van der Waals surface area contributed by atoms with Crippen LogP contribution in [0.1, 0.15) is 0 Å². The van der Waals surface area contributed by atoms with E-state index in [1.165, 1.54) is 6.33 Å².